The molecule has 2 aromatic rings. The molecule has 0 spiro atoms. The Bertz CT molecular complexity index is 853. The van der Waals surface area contributed by atoms with Crippen LogP contribution in [-0.2, 0) is 4.79 Å². The monoisotopic (exact) mass is 386 g/mol. The van der Waals surface area contributed by atoms with E-state index in [0.29, 0.717) is 11.4 Å². The van der Waals surface area contributed by atoms with Crippen molar-refractivity contribution in [3.8, 4) is 0 Å². The van der Waals surface area contributed by atoms with Crippen molar-refractivity contribution in [2.24, 2.45) is 5.92 Å². The highest BCUT2D eigenvalue weighted by Crippen LogP contribution is 2.15. The predicted molar refractivity (Wildman–Crippen MR) is 106 cm³/mol. The van der Waals surface area contributed by atoms with Crippen LogP contribution in [0.4, 0.5) is 20.6 Å². The third-order valence-corrected chi connectivity index (χ3v) is 3.99. The third-order valence-electron chi connectivity index (χ3n) is 3.99. The summed E-state index contributed by atoms with van der Waals surface area (Å²) >= 11 is 0. The Morgan fingerprint density at radius 3 is 2.00 bits per heavy atom. The first-order valence-corrected chi connectivity index (χ1v) is 8.77. The highest BCUT2D eigenvalue weighted by atomic mass is 19.1. The maximum Gasteiger partial charge on any atom is 0.318 e. The van der Waals surface area contributed by atoms with Crippen LogP contribution in [0, 0.1) is 11.7 Å². The second-order valence-corrected chi connectivity index (χ2v) is 6.45. The number of anilines is 2. The van der Waals surface area contributed by atoms with Gasteiger partial charge in [0.2, 0.25) is 5.91 Å². The van der Waals surface area contributed by atoms with Crippen molar-refractivity contribution in [3.63, 3.8) is 0 Å². The Balaban J connectivity index is 2.05. The van der Waals surface area contributed by atoms with Crippen LogP contribution in [-0.4, -0.2) is 30.9 Å². The van der Waals surface area contributed by atoms with Crippen LogP contribution in [0.3, 0.4) is 0 Å². The van der Waals surface area contributed by atoms with Gasteiger partial charge >= 0.3 is 6.03 Å². The smallest absolute Gasteiger partial charge is 0.318 e. The molecule has 1 atom stereocenters. The number of amides is 4. The summed E-state index contributed by atoms with van der Waals surface area (Å²) in [5, 5.41) is 10.3. The number of hydrogen-bond donors (Lipinski definition) is 4. The average molecular weight is 386 g/mol. The largest absolute Gasteiger partial charge is 0.341 e. The molecule has 0 heterocycles. The summed E-state index contributed by atoms with van der Waals surface area (Å²) in [6, 6.07) is 10.9. The number of urea groups is 1. The topological polar surface area (TPSA) is 99.3 Å². The molecule has 2 aromatic carbocycles. The summed E-state index contributed by atoms with van der Waals surface area (Å²) < 4.78 is 13.8. The highest BCUT2D eigenvalue weighted by molar-refractivity contribution is 6.01. The van der Waals surface area contributed by atoms with Crippen molar-refractivity contribution in [1.29, 1.82) is 0 Å². The molecule has 7 nitrogen and oxygen atoms in total. The van der Waals surface area contributed by atoms with Gasteiger partial charge < -0.3 is 21.3 Å². The standard InChI is InChI=1S/C20H23FN4O3/c1-12(2)17(25-18(26)15-6-4-5-7-16(15)21)19(27)23-13-8-10-14(11-9-13)24-20(28)22-3/h4-12,17H,1-3H3,(H,23,27)(H,25,26)(H2,22,24,28). The average Bonchev–Trinajstić information content (AvgIpc) is 2.67. The van der Waals surface area contributed by atoms with E-state index in [1.165, 1.54) is 25.2 Å². The van der Waals surface area contributed by atoms with E-state index in [-0.39, 0.29) is 17.5 Å². The number of carbonyl (C=O) groups is 3. The van der Waals surface area contributed by atoms with Crippen molar-refractivity contribution < 1.29 is 18.8 Å². The summed E-state index contributed by atoms with van der Waals surface area (Å²) in [6.07, 6.45) is 0. The molecule has 0 fully saturated rings. The maximum atomic E-state index is 13.8. The summed E-state index contributed by atoms with van der Waals surface area (Å²) in [5.41, 5.74) is 0.939. The van der Waals surface area contributed by atoms with Gasteiger partial charge in [-0.15, -0.1) is 0 Å². The van der Waals surface area contributed by atoms with Gasteiger partial charge in [0.15, 0.2) is 0 Å². The van der Waals surface area contributed by atoms with Gasteiger partial charge in [-0.3, -0.25) is 9.59 Å². The fourth-order valence-corrected chi connectivity index (χ4v) is 2.45. The number of nitrogens with one attached hydrogen (secondary N) is 4. The summed E-state index contributed by atoms with van der Waals surface area (Å²) in [6.45, 7) is 3.56. The zero-order valence-corrected chi connectivity index (χ0v) is 15.9. The van der Waals surface area contributed by atoms with Crippen molar-refractivity contribution in [1.82, 2.24) is 10.6 Å². The Labute approximate surface area is 162 Å². The van der Waals surface area contributed by atoms with E-state index in [1.807, 2.05) is 0 Å². The lowest BCUT2D eigenvalue weighted by molar-refractivity contribution is -0.118. The number of benzene rings is 2. The zero-order valence-electron chi connectivity index (χ0n) is 15.9. The molecule has 1 unspecified atom stereocenters. The lowest BCUT2D eigenvalue weighted by atomic mass is 10.0. The molecule has 0 saturated heterocycles. The number of hydrogen-bond acceptors (Lipinski definition) is 3. The van der Waals surface area contributed by atoms with Crippen LogP contribution in [0.2, 0.25) is 0 Å². The van der Waals surface area contributed by atoms with Crippen molar-refractivity contribution in [3.05, 3.63) is 59.9 Å². The molecule has 0 bridgehead atoms. The van der Waals surface area contributed by atoms with Gasteiger partial charge in [-0.05, 0) is 42.3 Å². The van der Waals surface area contributed by atoms with Crippen molar-refractivity contribution >= 4 is 29.2 Å². The predicted octanol–water partition coefficient (Wildman–Crippen LogP) is 2.97. The first kappa shape index (κ1) is 20.9. The first-order valence-electron chi connectivity index (χ1n) is 8.77. The van der Waals surface area contributed by atoms with E-state index in [0.717, 1.165) is 0 Å². The second-order valence-electron chi connectivity index (χ2n) is 6.45. The molecule has 0 aliphatic heterocycles. The van der Waals surface area contributed by atoms with Crippen molar-refractivity contribution in [2.75, 3.05) is 17.7 Å². The van der Waals surface area contributed by atoms with E-state index in [9.17, 15) is 18.8 Å². The van der Waals surface area contributed by atoms with Gasteiger partial charge in [-0.25, -0.2) is 9.18 Å². The van der Waals surface area contributed by atoms with Gasteiger partial charge in [-0.2, -0.15) is 0 Å². The van der Waals surface area contributed by atoms with Gasteiger partial charge in [0.1, 0.15) is 11.9 Å². The second kappa shape index (κ2) is 9.50. The molecule has 0 aromatic heterocycles. The Kier molecular flexibility index (Phi) is 7.08. The zero-order chi connectivity index (χ0) is 20.7. The molecule has 4 N–H and O–H groups in total. The number of carbonyl (C=O) groups excluding carboxylic acids is 3. The van der Waals surface area contributed by atoms with E-state index in [1.54, 1.807) is 44.2 Å². The SMILES string of the molecule is CNC(=O)Nc1ccc(NC(=O)C(NC(=O)c2ccccc2F)C(C)C)cc1. The van der Waals surface area contributed by atoms with Crippen molar-refractivity contribution in [2.45, 2.75) is 19.9 Å². The molecule has 4 amide bonds. The molecular formula is C20H23FN4O3. The summed E-state index contributed by atoms with van der Waals surface area (Å²) in [5.74, 6) is -1.95. The maximum absolute atomic E-state index is 13.8. The summed E-state index contributed by atoms with van der Waals surface area (Å²) in [7, 11) is 1.51. The minimum atomic E-state index is -0.851. The molecule has 0 aliphatic carbocycles. The Hall–Kier alpha value is -3.42. The van der Waals surface area contributed by atoms with Crippen LogP contribution in [0.1, 0.15) is 24.2 Å². The molecule has 8 heteroatoms. The third kappa shape index (κ3) is 5.54. The molecule has 2 rings (SSSR count). The van der Waals surface area contributed by atoms with E-state index in [2.05, 4.69) is 21.3 Å². The lowest BCUT2D eigenvalue weighted by Crippen LogP contribution is -2.47. The fraction of sp³-hybridized carbons (Fsp3) is 0.250. The summed E-state index contributed by atoms with van der Waals surface area (Å²) in [4.78, 5) is 36.2. The van der Waals surface area contributed by atoms with Gasteiger partial charge in [0.25, 0.3) is 5.91 Å². The van der Waals surface area contributed by atoms with E-state index in [4.69, 9.17) is 0 Å². The number of rotatable bonds is 6. The van der Waals surface area contributed by atoms with Crippen LogP contribution >= 0.6 is 0 Å². The van der Waals surface area contributed by atoms with Gasteiger partial charge in [0.05, 0.1) is 5.56 Å². The van der Waals surface area contributed by atoms with E-state index >= 15 is 0 Å². The van der Waals surface area contributed by atoms with Gasteiger partial charge in [0, 0.05) is 18.4 Å². The van der Waals surface area contributed by atoms with Crippen LogP contribution in [0.5, 0.6) is 0 Å². The van der Waals surface area contributed by atoms with Crippen LogP contribution in [0.15, 0.2) is 48.5 Å². The molecule has 0 aliphatic rings. The van der Waals surface area contributed by atoms with Crippen LogP contribution < -0.4 is 21.3 Å². The quantitative estimate of drug-likeness (QED) is 0.614. The molecular weight excluding hydrogens is 363 g/mol. The molecule has 0 radical (unpaired) electrons. The van der Waals surface area contributed by atoms with Crippen LogP contribution in [0.25, 0.3) is 0 Å². The molecule has 148 valence electrons. The molecule has 28 heavy (non-hydrogen) atoms. The highest BCUT2D eigenvalue weighted by Gasteiger charge is 2.25. The lowest BCUT2D eigenvalue weighted by Gasteiger charge is -2.22. The minimum Gasteiger partial charge on any atom is -0.341 e. The normalized spacial score (nSPS) is 11.5. The first-order chi connectivity index (χ1) is 13.3. The minimum absolute atomic E-state index is 0.120. The van der Waals surface area contributed by atoms with E-state index < -0.39 is 23.7 Å². The Morgan fingerprint density at radius 2 is 1.46 bits per heavy atom. The molecule has 0 saturated carbocycles. The number of halogens is 1. The Morgan fingerprint density at radius 1 is 0.893 bits per heavy atom. The fourth-order valence-electron chi connectivity index (χ4n) is 2.45. The van der Waals surface area contributed by atoms with Gasteiger partial charge in [-0.1, -0.05) is 26.0 Å².